The van der Waals surface area contributed by atoms with Crippen LogP contribution in [0.3, 0.4) is 0 Å². The van der Waals surface area contributed by atoms with Crippen LogP contribution < -0.4 is 5.32 Å². The average molecular weight is 389 g/mol. The van der Waals surface area contributed by atoms with Crippen LogP contribution in [-0.4, -0.2) is 26.7 Å². The first kappa shape index (κ1) is 18.0. The van der Waals surface area contributed by atoms with Crippen LogP contribution in [0.5, 0.6) is 0 Å². The molecule has 26 heavy (non-hydrogen) atoms. The lowest BCUT2D eigenvalue weighted by Crippen LogP contribution is -2.33. The van der Waals surface area contributed by atoms with Gasteiger partial charge in [-0.1, -0.05) is 48.2 Å². The summed E-state index contributed by atoms with van der Waals surface area (Å²) in [4.78, 5) is 24.5. The van der Waals surface area contributed by atoms with Gasteiger partial charge in [-0.3, -0.25) is 19.8 Å². The minimum absolute atomic E-state index is 0.0557. The number of hydrogen-bond donors (Lipinski definition) is 1. The largest absolute Gasteiger partial charge is 0.367 e. The molecule has 1 saturated heterocycles. The Labute approximate surface area is 157 Å². The summed E-state index contributed by atoms with van der Waals surface area (Å²) in [7, 11) is 0. The Hall–Kier alpha value is -2.78. The van der Waals surface area contributed by atoms with Crippen molar-refractivity contribution in [1.29, 1.82) is 0 Å². The summed E-state index contributed by atoms with van der Waals surface area (Å²) in [6.45, 7) is 0.0560. The molecule has 1 aliphatic heterocycles. The van der Waals surface area contributed by atoms with Crippen LogP contribution in [0.4, 0.5) is 15.8 Å². The Morgan fingerprint density at radius 3 is 2.77 bits per heavy atom. The molecule has 0 aliphatic carbocycles. The van der Waals surface area contributed by atoms with Crippen molar-refractivity contribution < 1.29 is 14.1 Å². The summed E-state index contributed by atoms with van der Waals surface area (Å²) in [6, 6.07) is 12.1. The molecule has 1 aliphatic rings. The van der Waals surface area contributed by atoms with Gasteiger partial charge in [0.1, 0.15) is 10.1 Å². The number of carbonyl (C=O) groups is 1. The van der Waals surface area contributed by atoms with E-state index in [0.29, 0.717) is 20.5 Å². The van der Waals surface area contributed by atoms with Crippen molar-refractivity contribution >= 4 is 51.7 Å². The molecule has 0 radical (unpaired) electrons. The fraction of sp³-hybridized carbons (Fsp3) is 0.0588. The van der Waals surface area contributed by atoms with Gasteiger partial charge in [-0.05, 0) is 18.2 Å². The van der Waals surface area contributed by atoms with E-state index in [1.54, 1.807) is 30.3 Å². The van der Waals surface area contributed by atoms with Crippen LogP contribution in [0.25, 0.3) is 6.08 Å². The quantitative estimate of drug-likeness (QED) is 0.360. The molecule has 2 aromatic carbocycles. The van der Waals surface area contributed by atoms with E-state index in [-0.39, 0.29) is 18.3 Å². The molecule has 0 aromatic heterocycles. The maximum atomic E-state index is 13.8. The van der Waals surface area contributed by atoms with Crippen LogP contribution in [0.2, 0.25) is 0 Å². The monoisotopic (exact) mass is 389 g/mol. The van der Waals surface area contributed by atoms with Gasteiger partial charge in [0.15, 0.2) is 0 Å². The summed E-state index contributed by atoms with van der Waals surface area (Å²) in [5, 5.41) is 13.7. The SMILES string of the molecule is O=C1C(=Cc2ccccc2F)SC(=S)N1CNc1cccc([N+](=O)[O-])c1. The second-order valence-electron chi connectivity index (χ2n) is 5.27. The molecule has 1 heterocycles. The molecule has 1 N–H and O–H groups in total. The molecule has 6 nitrogen and oxygen atoms in total. The van der Waals surface area contributed by atoms with E-state index in [2.05, 4.69) is 5.32 Å². The lowest BCUT2D eigenvalue weighted by Gasteiger charge is -2.16. The first-order valence-electron chi connectivity index (χ1n) is 7.44. The Balaban J connectivity index is 1.73. The van der Waals surface area contributed by atoms with Crippen LogP contribution in [-0.2, 0) is 4.79 Å². The number of amides is 1. The number of benzene rings is 2. The number of carbonyl (C=O) groups excluding carboxylic acids is 1. The van der Waals surface area contributed by atoms with Crippen molar-refractivity contribution in [3.05, 3.63) is 74.9 Å². The maximum Gasteiger partial charge on any atom is 0.271 e. The molecule has 9 heteroatoms. The van der Waals surface area contributed by atoms with Gasteiger partial charge >= 0.3 is 0 Å². The van der Waals surface area contributed by atoms with E-state index in [9.17, 15) is 19.3 Å². The van der Waals surface area contributed by atoms with Crippen molar-refractivity contribution in [3.63, 3.8) is 0 Å². The molecule has 3 rings (SSSR count). The van der Waals surface area contributed by atoms with E-state index in [0.717, 1.165) is 11.8 Å². The fourth-order valence-corrected chi connectivity index (χ4v) is 3.52. The number of anilines is 1. The van der Waals surface area contributed by atoms with Crippen molar-refractivity contribution in [2.75, 3.05) is 12.0 Å². The highest BCUT2D eigenvalue weighted by Gasteiger charge is 2.32. The molecule has 0 bridgehead atoms. The number of rotatable bonds is 5. The van der Waals surface area contributed by atoms with Gasteiger partial charge in [0.2, 0.25) is 0 Å². The van der Waals surface area contributed by atoms with E-state index in [4.69, 9.17) is 12.2 Å². The van der Waals surface area contributed by atoms with Gasteiger partial charge in [0.25, 0.3) is 11.6 Å². The second kappa shape index (κ2) is 7.63. The van der Waals surface area contributed by atoms with E-state index >= 15 is 0 Å². The number of hydrogen-bond acceptors (Lipinski definition) is 6. The maximum absolute atomic E-state index is 13.8. The van der Waals surface area contributed by atoms with Gasteiger partial charge in [-0.25, -0.2) is 4.39 Å². The highest BCUT2D eigenvalue weighted by Crippen LogP contribution is 2.32. The third-order valence-electron chi connectivity index (χ3n) is 3.56. The fourth-order valence-electron chi connectivity index (χ4n) is 2.27. The number of nitro groups is 1. The van der Waals surface area contributed by atoms with Crippen LogP contribution >= 0.6 is 24.0 Å². The third-order valence-corrected chi connectivity index (χ3v) is 4.94. The van der Waals surface area contributed by atoms with Gasteiger partial charge in [-0.2, -0.15) is 0 Å². The van der Waals surface area contributed by atoms with Crippen molar-refractivity contribution in [3.8, 4) is 0 Å². The molecule has 0 unspecified atom stereocenters. The number of nitro benzene ring substituents is 1. The minimum atomic E-state index is -0.498. The first-order valence-corrected chi connectivity index (χ1v) is 8.66. The first-order chi connectivity index (χ1) is 12.5. The number of thioether (sulfide) groups is 1. The smallest absolute Gasteiger partial charge is 0.271 e. The van der Waals surface area contributed by atoms with Crippen LogP contribution in [0.15, 0.2) is 53.4 Å². The molecule has 0 spiro atoms. The molecular formula is C17H12FN3O3S2. The number of thiocarbonyl (C=S) groups is 1. The summed E-state index contributed by atoms with van der Waals surface area (Å²) in [5.41, 5.74) is 0.741. The highest BCUT2D eigenvalue weighted by molar-refractivity contribution is 8.26. The zero-order valence-corrected chi connectivity index (χ0v) is 14.8. The molecule has 0 atom stereocenters. The lowest BCUT2D eigenvalue weighted by molar-refractivity contribution is -0.384. The number of nitrogens with one attached hydrogen (secondary N) is 1. The molecule has 1 fully saturated rings. The van der Waals surface area contributed by atoms with Gasteiger partial charge in [0, 0.05) is 23.4 Å². The molecule has 132 valence electrons. The number of non-ortho nitro benzene ring substituents is 1. The Bertz CT molecular complexity index is 933. The number of nitrogens with zero attached hydrogens (tertiary/aromatic N) is 2. The molecule has 2 aromatic rings. The number of halogens is 1. The average Bonchev–Trinajstić information content (AvgIpc) is 2.89. The van der Waals surface area contributed by atoms with Crippen molar-refractivity contribution in [2.45, 2.75) is 0 Å². The van der Waals surface area contributed by atoms with Gasteiger partial charge in [0.05, 0.1) is 16.5 Å². The predicted molar refractivity (Wildman–Crippen MR) is 103 cm³/mol. The summed E-state index contributed by atoms with van der Waals surface area (Å²) in [5.74, 6) is -0.770. The van der Waals surface area contributed by atoms with Crippen molar-refractivity contribution in [1.82, 2.24) is 4.90 Å². The highest BCUT2D eigenvalue weighted by atomic mass is 32.2. The molecule has 1 amide bonds. The third kappa shape index (κ3) is 3.89. The van der Waals surface area contributed by atoms with Gasteiger partial charge < -0.3 is 5.32 Å². The van der Waals surface area contributed by atoms with Gasteiger partial charge in [-0.15, -0.1) is 0 Å². The standard InChI is InChI=1S/C17H12FN3O3S2/c18-14-7-2-1-4-11(14)8-15-16(22)20(17(25)26-15)10-19-12-5-3-6-13(9-12)21(23)24/h1-9,19H,10H2. The van der Waals surface area contributed by atoms with Crippen LogP contribution in [0.1, 0.15) is 5.56 Å². The molecule has 0 saturated carbocycles. The summed E-state index contributed by atoms with van der Waals surface area (Å²) in [6.07, 6.45) is 1.46. The second-order valence-corrected chi connectivity index (χ2v) is 6.95. The Morgan fingerprint density at radius 1 is 1.27 bits per heavy atom. The Morgan fingerprint density at radius 2 is 2.04 bits per heavy atom. The van der Waals surface area contributed by atoms with E-state index in [1.807, 2.05) is 0 Å². The van der Waals surface area contributed by atoms with E-state index in [1.165, 1.54) is 29.2 Å². The topological polar surface area (TPSA) is 75.5 Å². The summed E-state index contributed by atoms with van der Waals surface area (Å²) < 4.78 is 14.1. The Kier molecular flexibility index (Phi) is 5.29. The lowest BCUT2D eigenvalue weighted by atomic mass is 10.2. The molecular weight excluding hydrogens is 377 g/mol. The summed E-state index contributed by atoms with van der Waals surface area (Å²) >= 11 is 6.29. The van der Waals surface area contributed by atoms with E-state index < -0.39 is 10.7 Å². The predicted octanol–water partition coefficient (Wildman–Crippen LogP) is 4.00. The zero-order chi connectivity index (χ0) is 18.7. The minimum Gasteiger partial charge on any atom is -0.367 e. The normalized spacial score (nSPS) is 15.6. The van der Waals surface area contributed by atoms with Crippen molar-refractivity contribution in [2.24, 2.45) is 0 Å². The van der Waals surface area contributed by atoms with Crippen LogP contribution in [0, 0.1) is 15.9 Å². The zero-order valence-electron chi connectivity index (χ0n) is 13.2.